The largest absolute Gasteiger partial charge is 0.471 e. The molecule has 2 amide bonds. The molecule has 8 nitrogen and oxygen atoms in total. The van der Waals surface area contributed by atoms with Crippen LogP contribution in [0.2, 0.25) is 5.02 Å². The van der Waals surface area contributed by atoms with Crippen molar-refractivity contribution in [3.8, 4) is 16.9 Å². The van der Waals surface area contributed by atoms with Crippen LogP contribution in [0.4, 0.5) is 18.9 Å². The van der Waals surface area contributed by atoms with E-state index in [9.17, 15) is 22.8 Å². The molecule has 0 atom stereocenters. The number of halogens is 4. The average Bonchev–Trinajstić information content (AvgIpc) is 3.52. The first-order valence-electron chi connectivity index (χ1n) is 11.6. The third-order valence-electron chi connectivity index (χ3n) is 5.81. The minimum atomic E-state index is -4.74. The van der Waals surface area contributed by atoms with Crippen LogP contribution >= 0.6 is 22.9 Å². The van der Waals surface area contributed by atoms with Crippen molar-refractivity contribution in [1.29, 1.82) is 0 Å². The molecule has 0 unspecified atom stereocenters. The number of ether oxygens (including phenoxy) is 1. The minimum absolute atomic E-state index is 0.0246. The predicted octanol–water partition coefficient (Wildman–Crippen LogP) is 6.53. The Kier molecular flexibility index (Phi) is 7.21. The van der Waals surface area contributed by atoms with E-state index in [2.05, 4.69) is 15.4 Å². The fourth-order valence-corrected chi connectivity index (χ4v) is 5.11. The molecule has 0 radical (unpaired) electrons. The summed E-state index contributed by atoms with van der Waals surface area (Å²) in [4.78, 5) is 29.0. The molecule has 0 spiro atoms. The van der Waals surface area contributed by atoms with E-state index in [0.29, 0.717) is 27.7 Å². The van der Waals surface area contributed by atoms with Crippen LogP contribution in [0.25, 0.3) is 21.3 Å². The van der Waals surface area contributed by atoms with E-state index in [0.717, 1.165) is 11.6 Å². The number of thiophene rings is 1. The van der Waals surface area contributed by atoms with Gasteiger partial charge in [0.05, 0.1) is 5.69 Å². The molecule has 5 aromatic rings. The Morgan fingerprint density at radius 1 is 1.12 bits per heavy atom. The number of anilines is 1. The standard InChI is InChI=1S/C27H19ClF3N5O3S/c1-14-5-7-15(8-6-14)18-12-20(27(29,30)31)33-26-21(18)22(23(40-26)24(32)37)34-25(38)19-9-10-36(35-19)13-39-17-4-2-3-16(28)11-17/h2-12H,13H2,1H3,(H2,32,37)(H,34,38). The van der Waals surface area contributed by atoms with Gasteiger partial charge in [-0.15, -0.1) is 11.3 Å². The molecule has 0 aliphatic heterocycles. The number of aryl methyl sites for hydroxylation is 1. The highest BCUT2D eigenvalue weighted by Crippen LogP contribution is 2.43. The third kappa shape index (κ3) is 5.63. The van der Waals surface area contributed by atoms with Gasteiger partial charge in [0.1, 0.15) is 21.2 Å². The maximum Gasteiger partial charge on any atom is 0.433 e. The lowest BCUT2D eigenvalue weighted by atomic mass is 10.00. The molecule has 5 rings (SSSR count). The van der Waals surface area contributed by atoms with E-state index in [1.807, 2.05) is 6.92 Å². The molecule has 40 heavy (non-hydrogen) atoms. The monoisotopic (exact) mass is 585 g/mol. The number of pyridine rings is 1. The molecule has 0 fully saturated rings. The van der Waals surface area contributed by atoms with Gasteiger partial charge in [-0.1, -0.05) is 47.5 Å². The molecule has 3 aromatic heterocycles. The number of nitrogens with zero attached hydrogens (tertiary/aromatic N) is 3. The van der Waals surface area contributed by atoms with Crippen LogP contribution in [0, 0.1) is 6.92 Å². The van der Waals surface area contributed by atoms with Gasteiger partial charge in [0.25, 0.3) is 11.8 Å². The number of nitrogens with two attached hydrogens (primary N) is 1. The van der Waals surface area contributed by atoms with Crippen molar-refractivity contribution in [2.75, 3.05) is 5.32 Å². The number of carbonyl (C=O) groups is 2. The Hall–Kier alpha value is -4.42. The number of aromatic nitrogens is 3. The van der Waals surface area contributed by atoms with Gasteiger partial charge in [-0.25, -0.2) is 9.67 Å². The molecule has 0 aliphatic rings. The van der Waals surface area contributed by atoms with Crippen LogP contribution in [-0.2, 0) is 12.9 Å². The number of hydrogen-bond acceptors (Lipinski definition) is 6. The smallest absolute Gasteiger partial charge is 0.433 e. The molecular formula is C27H19ClF3N5O3S. The van der Waals surface area contributed by atoms with Crippen LogP contribution < -0.4 is 15.8 Å². The highest BCUT2D eigenvalue weighted by Gasteiger charge is 2.35. The molecule has 204 valence electrons. The number of amides is 2. The zero-order chi connectivity index (χ0) is 28.6. The molecule has 2 aromatic carbocycles. The zero-order valence-electron chi connectivity index (χ0n) is 20.6. The number of primary amides is 1. The van der Waals surface area contributed by atoms with Gasteiger partial charge in [0, 0.05) is 16.6 Å². The van der Waals surface area contributed by atoms with Gasteiger partial charge < -0.3 is 15.8 Å². The van der Waals surface area contributed by atoms with E-state index in [4.69, 9.17) is 22.1 Å². The average molecular weight is 586 g/mol. The van der Waals surface area contributed by atoms with Crippen molar-refractivity contribution in [3.05, 3.63) is 93.7 Å². The number of benzene rings is 2. The minimum Gasteiger partial charge on any atom is -0.471 e. The lowest BCUT2D eigenvalue weighted by Crippen LogP contribution is -2.18. The number of fused-ring (bicyclic) bond motifs is 1. The van der Waals surface area contributed by atoms with Crippen LogP contribution in [0.3, 0.4) is 0 Å². The highest BCUT2D eigenvalue weighted by atomic mass is 35.5. The van der Waals surface area contributed by atoms with Crippen LogP contribution in [-0.4, -0.2) is 26.6 Å². The second-order valence-electron chi connectivity index (χ2n) is 8.69. The summed E-state index contributed by atoms with van der Waals surface area (Å²) in [6, 6.07) is 15.9. The summed E-state index contributed by atoms with van der Waals surface area (Å²) in [5.41, 5.74) is 5.83. The predicted molar refractivity (Wildman–Crippen MR) is 146 cm³/mol. The van der Waals surface area contributed by atoms with E-state index < -0.39 is 23.7 Å². The summed E-state index contributed by atoms with van der Waals surface area (Å²) in [5.74, 6) is -1.14. The maximum absolute atomic E-state index is 13.7. The highest BCUT2D eigenvalue weighted by molar-refractivity contribution is 7.21. The molecule has 3 heterocycles. The lowest BCUT2D eigenvalue weighted by molar-refractivity contribution is -0.140. The van der Waals surface area contributed by atoms with Crippen molar-refractivity contribution in [1.82, 2.24) is 14.8 Å². The van der Waals surface area contributed by atoms with Crippen molar-refractivity contribution >= 4 is 50.7 Å². The first-order valence-corrected chi connectivity index (χ1v) is 12.8. The summed E-state index contributed by atoms with van der Waals surface area (Å²) in [6.45, 7) is 1.82. The van der Waals surface area contributed by atoms with Gasteiger partial charge in [-0.05, 0) is 48.4 Å². The fourth-order valence-electron chi connectivity index (χ4n) is 3.93. The van der Waals surface area contributed by atoms with E-state index in [-0.39, 0.29) is 38.8 Å². The number of alkyl halides is 3. The molecule has 3 N–H and O–H groups in total. The third-order valence-corrected chi connectivity index (χ3v) is 7.14. The summed E-state index contributed by atoms with van der Waals surface area (Å²) < 4.78 is 48.1. The van der Waals surface area contributed by atoms with Crippen LogP contribution in [0.5, 0.6) is 5.75 Å². The summed E-state index contributed by atoms with van der Waals surface area (Å²) in [5, 5.41) is 7.46. The van der Waals surface area contributed by atoms with Gasteiger partial charge in [-0.2, -0.15) is 18.3 Å². The Morgan fingerprint density at radius 3 is 2.55 bits per heavy atom. The van der Waals surface area contributed by atoms with Crippen molar-refractivity contribution in [2.45, 2.75) is 19.8 Å². The Balaban J connectivity index is 1.52. The Bertz CT molecular complexity index is 1750. The van der Waals surface area contributed by atoms with Crippen LogP contribution in [0.1, 0.15) is 31.4 Å². The van der Waals surface area contributed by atoms with E-state index in [1.54, 1.807) is 48.5 Å². The van der Waals surface area contributed by atoms with Gasteiger partial charge in [0.2, 0.25) is 0 Å². The van der Waals surface area contributed by atoms with Crippen molar-refractivity contribution < 1.29 is 27.5 Å². The maximum atomic E-state index is 13.7. The Labute approximate surface area is 234 Å². The summed E-state index contributed by atoms with van der Waals surface area (Å²) in [7, 11) is 0. The SMILES string of the molecule is Cc1ccc(-c2cc(C(F)(F)F)nc3sc(C(N)=O)c(NC(=O)c4ccn(COc5cccc(Cl)c5)n4)c23)cc1. The fraction of sp³-hybridized carbons (Fsp3) is 0.111. The van der Waals surface area contributed by atoms with Crippen molar-refractivity contribution in [2.24, 2.45) is 5.73 Å². The molecule has 13 heteroatoms. The molecule has 0 saturated carbocycles. The lowest BCUT2D eigenvalue weighted by Gasteiger charge is -2.12. The Morgan fingerprint density at radius 2 is 1.88 bits per heavy atom. The van der Waals surface area contributed by atoms with E-state index >= 15 is 0 Å². The normalized spacial score (nSPS) is 11.5. The first kappa shape index (κ1) is 27.2. The quantitative estimate of drug-likeness (QED) is 0.226. The number of nitrogens with one attached hydrogen (secondary N) is 1. The molecule has 0 saturated heterocycles. The van der Waals surface area contributed by atoms with E-state index in [1.165, 1.54) is 16.9 Å². The van der Waals surface area contributed by atoms with Gasteiger partial charge in [-0.3, -0.25) is 9.59 Å². The van der Waals surface area contributed by atoms with Gasteiger partial charge >= 0.3 is 6.18 Å². The molecule has 0 bridgehead atoms. The zero-order valence-corrected chi connectivity index (χ0v) is 22.2. The first-order chi connectivity index (χ1) is 19.0. The second kappa shape index (κ2) is 10.6. The topological polar surface area (TPSA) is 112 Å². The summed E-state index contributed by atoms with van der Waals surface area (Å²) in [6.07, 6.45) is -3.23. The summed E-state index contributed by atoms with van der Waals surface area (Å²) >= 11 is 6.62. The van der Waals surface area contributed by atoms with Gasteiger partial charge in [0.15, 0.2) is 12.4 Å². The second-order valence-corrected chi connectivity index (χ2v) is 10.1. The molecule has 0 aliphatic carbocycles. The number of hydrogen-bond donors (Lipinski definition) is 2. The number of rotatable bonds is 7. The molecular weight excluding hydrogens is 567 g/mol. The number of carbonyl (C=O) groups excluding carboxylic acids is 2. The van der Waals surface area contributed by atoms with Crippen LogP contribution in [0.15, 0.2) is 66.9 Å². The van der Waals surface area contributed by atoms with Crippen molar-refractivity contribution in [3.63, 3.8) is 0 Å².